The first-order valence-corrected chi connectivity index (χ1v) is 5.85. The van der Waals surface area contributed by atoms with Crippen LogP contribution in [0.15, 0.2) is 30.0 Å². The predicted octanol–water partition coefficient (Wildman–Crippen LogP) is 1.63. The summed E-state index contributed by atoms with van der Waals surface area (Å²) in [6.07, 6.45) is 1.33. The van der Waals surface area contributed by atoms with Crippen LogP contribution in [-0.2, 0) is 14.3 Å². The highest BCUT2D eigenvalue weighted by Gasteiger charge is 2.13. The molecule has 1 N–H and O–H groups in total. The molecule has 0 aliphatic heterocycles. The highest BCUT2D eigenvalue weighted by atomic mass is 16.6. The highest BCUT2D eigenvalue weighted by Crippen LogP contribution is 2.15. The number of ether oxygens (including phenoxy) is 1. The Bertz CT molecular complexity index is 566. The lowest BCUT2D eigenvalue weighted by atomic mass is 10.1. The standard InChI is InChI=1S/C13H14N2O5/c1-3-20-13(17)12(14-9(2)16)8-10-5-4-6-11(7-10)15(18)19/h4-8H,3H2,1-2H3,(H,14,16). The normalized spacial score (nSPS) is 10.8. The lowest BCUT2D eigenvalue weighted by Gasteiger charge is -2.07. The maximum absolute atomic E-state index is 11.7. The summed E-state index contributed by atoms with van der Waals surface area (Å²) in [5, 5.41) is 13.0. The van der Waals surface area contributed by atoms with E-state index < -0.39 is 16.8 Å². The summed E-state index contributed by atoms with van der Waals surface area (Å²) in [4.78, 5) is 32.9. The first-order valence-electron chi connectivity index (χ1n) is 5.85. The summed E-state index contributed by atoms with van der Waals surface area (Å²) in [6, 6.07) is 5.69. The van der Waals surface area contributed by atoms with Gasteiger partial charge >= 0.3 is 5.97 Å². The largest absolute Gasteiger partial charge is 0.461 e. The minimum atomic E-state index is -0.700. The van der Waals surface area contributed by atoms with Gasteiger partial charge in [0, 0.05) is 19.1 Å². The van der Waals surface area contributed by atoms with Gasteiger partial charge in [-0.1, -0.05) is 12.1 Å². The molecule has 0 fully saturated rings. The zero-order valence-corrected chi connectivity index (χ0v) is 11.1. The van der Waals surface area contributed by atoms with Crippen molar-refractivity contribution in [3.05, 3.63) is 45.6 Å². The van der Waals surface area contributed by atoms with E-state index in [1.54, 1.807) is 13.0 Å². The van der Waals surface area contributed by atoms with Crippen molar-refractivity contribution in [2.24, 2.45) is 0 Å². The average molecular weight is 278 g/mol. The number of hydrogen-bond acceptors (Lipinski definition) is 5. The van der Waals surface area contributed by atoms with Gasteiger partial charge < -0.3 is 10.1 Å². The molecule has 0 aromatic heterocycles. The summed E-state index contributed by atoms with van der Waals surface area (Å²) >= 11 is 0. The first kappa shape index (κ1) is 15.4. The van der Waals surface area contributed by atoms with E-state index in [-0.39, 0.29) is 18.0 Å². The third-order valence-electron chi connectivity index (χ3n) is 2.20. The molecule has 7 heteroatoms. The van der Waals surface area contributed by atoms with Crippen LogP contribution in [0, 0.1) is 10.1 Å². The van der Waals surface area contributed by atoms with Gasteiger partial charge in [0.2, 0.25) is 5.91 Å². The van der Waals surface area contributed by atoms with Gasteiger partial charge in [0.15, 0.2) is 0 Å². The van der Waals surface area contributed by atoms with Crippen molar-refractivity contribution < 1.29 is 19.2 Å². The van der Waals surface area contributed by atoms with E-state index in [0.717, 1.165) is 0 Å². The van der Waals surface area contributed by atoms with Gasteiger partial charge in [0.1, 0.15) is 5.70 Å². The zero-order valence-electron chi connectivity index (χ0n) is 11.1. The highest BCUT2D eigenvalue weighted by molar-refractivity contribution is 5.97. The maximum atomic E-state index is 11.7. The number of nitrogens with one attached hydrogen (secondary N) is 1. The zero-order chi connectivity index (χ0) is 15.1. The molecule has 0 heterocycles. The number of carbonyl (C=O) groups is 2. The van der Waals surface area contributed by atoms with E-state index in [0.29, 0.717) is 5.56 Å². The quantitative estimate of drug-likeness (QED) is 0.382. The van der Waals surface area contributed by atoms with Crippen molar-refractivity contribution in [1.29, 1.82) is 0 Å². The number of non-ortho nitro benzene ring substituents is 1. The van der Waals surface area contributed by atoms with Crippen molar-refractivity contribution in [2.75, 3.05) is 6.61 Å². The Kier molecular flexibility index (Phi) is 5.40. The number of rotatable bonds is 5. The molecule has 1 rings (SSSR count). The molecule has 0 aliphatic rings. The van der Waals surface area contributed by atoms with E-state index in [2.05, 4.69) is 5.32 Å². The Morgan fingerprint density at radius 3 is 2.70 bits per heavy atom. The number of esters is 1. The second-order valence-electron chi connectivity index (χ2n) is 3.81. The van der Waals surface area contributed by atoms with Crippen molar-refractivity contribution in [3.63, 3.8) is 0 Å². The fraction of sp³-hybridized carbons (Fsp3) is 0.231. The molecule has 0 atom stereocenters. The van der Waals surface area contributed by atoms with Gasteiger partial charge in [-0.05, 0) is 18.6 Å². The molecule has 1 aromatic rings. The van der Waals surface area contributed by atoms with Crippen LogP contribution in [0.5, 0.6) is 0 Å². The van der Waals surface area contributed by atoms with Crippen molar-refractivity contribution in [1.82, 2.24) is 5.32 Å². The van der Waals surface area contributed by atoms with Crippen LogP contribution in [0.25, 0.3) is 6.08 Å². The van der Waals surface area contributed by atoms with Crippen LogP contribution in [0.1, 0.15) is 19.4 Å². The molecular formula is C13H14N2O5. The smallest absolute Gasteiger partial charge is 0.354 e. The van der Waals surface area contributed by atoms with Gasteiger partial charge in [-0.2, -0.15) is 0 Å². The molecule has 1 amide bonds. The second kappa shape index (κ2) is 7.03. The predicted molar refractivity (Wildman–Crippen MR) is 71.5 cm³/mol. The summed E-state index contributed by atoms with van der Waals surface area (Å²) in [5.74, 6) is -1.14. The number of hydrogen-bond donors (Lipinski definition) is 1. The summed E-state index contributed by atoms with van der Waals surface area (Å²) in [5.41, 5.74) is 0.237. The number of carbonyl (C=O) groups excluding carboxylic acids is 2. The minimum absolute atomic E-state index is 0.0696. The molecule has 0 aliphatic carbocycles. The van der Waals surface area contributed by atoms with Crippen LogP contribution in [-0.4, -0.2) is 23.4 Å². The third kappa shape index (κ3) is 4.52. The van der Waals surface area contributed by atoms with Crippen molar-refractivity contribution >= 4 is 23.6 Å². The molecule has 106 valence electrons. The Morgan fingerprint density at radius 1 is 1.45 bits per heavy atom. The number of nitro benzene ring substituents is 1. The van der Waals surface area contributed by atoms with Crippen molar-refractivity contribution in [2.45, 2.75) is 13.8 Å². The molecule has 20 heavy (non-hydrogen) atoms. The van der Waals surface area contributed by atoms with E-state index in [1.807, 2.05) is 0 Å². The summed E-state index contributed by atoms with van der Waals surface area (Å²) in [6.45, 7) is 3.04. The molecule has 0 radical (unpaired) electrons. The van der Waals surface area contributed by atoms with Gasteiger partial charge in [0.25, 0.3) is 5.69 Å². The third-order valence-corrected chi connectivity index (χ3v) is 2.20. The van der Waals surface area contributed by atoms with E-state index in [9.17, 15) is 19.7 Å². The Labute approximate surface area is 115 Å². The molecule has 0 saturated carbocycles. The van der Waals surface area contributed by atoms with Crippen molar-refractivity contribution in [3.8, 4) is 0 Å². The van der Waals surface area contributed by atoms with Crippen LogP contribution in [0.3, 0.4) is 0 Å². The Hall–Kier alpha value is -2.70. The summed E-state index contributed by atoms with van der Waals surface area (Å²) < 4.78 is 4.80. The van der Waals surface area contributed by atoms with Gasteiger partial charge in [-0.15, -0.1) is 0 Å². The number of benzene rings is 1. The molecule has 1 aromatic carbocycles. The summed E-state index contributed by atoms with van der Waals surface area (Å²) in [7, 11) is 0. The van der Waals surface area contributed by atoms with Crippen LogP contribution >= 0.6 is 0 Å². The number of amides is 1. The maximum Gasteiger partial charge on any atom is 0.354 e. The molecule has 0 unspecified atom stereocenters. The molecular weight excluding hydrogens is 264 g/mol. The van der Waals surface area contributed by atoms with Gasteiger partial charge in [-0.25, -0.2) is 4.79 Å². The number of nitrogens with zero attached hydrogens (tertiary/aromatic N) is 1. The lowest BCUT2D eigenvalue weighted by Crippen LogP contribution is -2.26. The lowest BCUT2D eigenvalue weighted by molar-refractivity contribution is -0.384. The van der Waals surface area contributed by atoms with E-state index in [4.69, 9.17) is 4.74 Å². The monoisotopic (exact) mass is 278 g/mol. The molecule has 0 bridgehead atoms. The SMILES string of the molecule is CCOC(=O)C(=Cc1cccc([N+](=O)[O-])c1)NC(C)=O. The van der Waals surface area contributed by atoms with Gasteiger partial charge in [0.05, 0.1) is 11.5 Å². The Balaban J connectivity index is 3.11. The Morgan fingerprint density at radius 2 is 2.15 bits per heavy atom. The minimum Gasteiger partial charge on any atom is -0.461 e. The van der Waals surface area contributed by atoms with E-state index >= 15 is 0 Å². The average Bonchev–Trinajstić information content (AvgIpc) is 2.38. The fourth-order valence-electron chi connectivity index (χ4n) is 1.44. The molecule has 0 spiro atoms. The topological polar surface area (TPSA) is 98.5 Å². The van der Waals surface area contributed by atoms with Crippen LogP contribution < -0.4 is 5.32 Å². The first-order chi connectivity index (χ1) is 9.43. The van der Waals surface area contributed by atoms with Crippen LogP contribution in [0.4, 0.5) is 5.69 Å². The van der Waals surface area contributed by atoms with E-state index in [1.165, 1.54) is 31.2 Å². The molecule has 7 nitrogen and oxygen atoms in total. The number of nitro groups is 1. The van der Waals surface area contributed by atoms with Gasteiger partial charge in [-0.3, -0.25) is 14.9 Å². The van der Waals surface area contributed by atoms with Crippen LogP contribution in [0.2, 0.25) is 0 Å². The molecule has 0 saturated heterocycles. The fourth-order valence-corrected chi connectivity index (χ4v) is 1.44. The second-order valence-corrected chi connectivity index (χ2v) is 3.81.